The molecule has 1 fully saturated rings. The summed E-state index contributed by atoms with van der Waals surface area (Å²) in [4.78, 5) is 18.3. The fourth-order valence-corrected chi connectivity index (χ4v) is 3.30. The number of rotatable bonds is 2. The Morgan fingerprint density at radius 2 is 2.39 bits per heavy atom. The van der Waals surface area contributed by atoms with Gasteiger partial charge in [-0.05, 0) is 24.6 Å². The summed E-state index contributed by atoms with van der Waals surface area (Å²) in [5.74, 6) is 0.405. The first-order chi connectivity index (χ1) is 8.67. The van der Waals surface area contributed by atoms with Crippen molar-refractivity contribution in [3.05, 3.63) is 36.4 Å². The van der Waals surface area contributed by atoms with Gasteiger partial charge in [0, 0.05) is 18.9 Å². The molecule has 4 heteroatoms. The quantitative estimate of drug-likeness (QED) is 0.775. The third-order valence-corrected chi connectivity index (χ3v) is 4.29. The molecule has 1 aliphatic rings. The summed E-state index contributed by atoms with van der Waals surface area (Å²) < 4.78 is 1.14. The highest BCUT2D eigenvalue weighted by Gasteiger charge is 2.30. The second-order valence-electron chi connectivity index (χ2n) is 4.67. The van der Waals surface area contributed by atoms with Crippen molar-refractivity contribution >= 4 is 32.6 Å². The molecule has 1 aromatic carbocycles. The van der Waals surface area contributed by atoms with Crippen LogP contribution in [0.2, 0.25) is 0 Å². The minimum atomic E-state index is 0.149. The molecule has 0 saturated carbocycles. The zero-order chi connectivity index (χ0) is 12.7. The van der Waals surface area contributed by atoms with E-state index in [4.69, 9.17) is 0 Å². The van der Waals surface area contributed by atoms with E-state index in [1.165, 1.54) is 5.56 Å². The van der Waals surface area contributed by atoms with Gasteiger partial charge in [0.2, 0.25) is 5.91 Å². The van der Waals surface area contributed by atoms with Crippen molar-refractivity contribution in [1.29, 1.82) is 0 Å². The van der Waals surface area contributed by atoms with E-state index in [9.17, 15) is 4.79 Å². The van der Waals surface area contributed by atoms with Gasteiger partial charge in [-0.3, -0.25) is 9.69 Å². The van der Waals surface area contributed by atoms with E-state index in [1.807, 2.05) is 18.2 Å². The molecule has 1 saturated heterocycles. The van der Waals surface area contributed by atoms with Gasteiger partial charge in [-0.25, -0.2) is 4.98 Å². The van der Waals surface area contributed by atoms with Crippen LogP contribution in [0.25, 0.3) is 10.2 Å². The minimum absolute atomic E-state index is 0.149. The van der Waals surface area contributed by atoms with Crippen LogP contribution in [0.3, 0.4) is 0 Å². The van der Waals surface area contributed by atoms with E-state index in [0.29, 0.717) is 13.0 Å². The predicted octanol–water partition coefficient (Wildman–Crippen LogP) is 3.14. The SMILES string of the molecule is C=CC1CC(=O)N(c2nc3ccc(C)cc3s2)C1. The highest BCUT2D eigenvalue weighted by Crippen LogP contribution is 2.33. The second kappa shape index (κ2) is 4.21. The van der Waals surface area contributed by atoms with Crippen LogP contribution < -0.4 is 4.90 Å². The molecule has 3 rings (SSSR count). The summed E-state index contributed by atoms with van der Waals surface area (Å²) in [7, 11) is 0. The number of thiazole rings is 1. The van der Waals surface area contributed by atoms with Gasteiger partial charge in [-0.2, -0.15) is 0 Å². The molecule has 1 unspecified atom stereocenters. The lowest BCUT2D eigenvalue weighted by atomic mass is 10.1. The van der Waals surface area contributed by atoms with E-state index in [1.54, 1.807) is 16.2 Å². The molecule has 0 N–H and O–H groups in total. The maximum absolute atomic E-state index is 11.9. The topological polar surface area (TPSA) is 33.2 Å². The van der Waals surface area contributed by atoms with Crippen LogP contribution in [0, 0.1) is 12.8 Å². The van der Waals surface area contributed by atoms with Crippen molar-refractivity contribution < 1.29 is 4.79 Å². The first kappa shape index (κ1) is 11.4. The van der Waals surface area contributed by atoms with Crippen molar-refractivity contribution in [2.24, 2.45) is 5.92 Å². The largest absolute Gasteiger partial charge is 0.287 e. The lowest BCUT2D eigenvalue weighted by Gasteiger charge is -2.11. The number of benzene rings is 1. The smallest absolute Gasteiger partial charge is 0.229 e. The molecule has 2 aromatic rings. The molecular weight excluding hydrogens is 244 g/mol. The molecule has 0 bridgehead atoms. The monoisotopic (exact) mass is 258 g/mol. The van der Waals surface area contributed by atoms with Crippen LogP contribution in [0.5, 0.6) is 0 Å². The van der Waals surface area contributed by atoms with Crippen LogP contribution in [0.1, 0.15) is 12.0 Å². The summed E-state index contributed by atoms with van der Waals surface area (Å²) in [5.41, 5.74) is 2.19. The molecule has 1 atom stereocenters. The Kier molecular flexibility index (Phi) is 2.67. The Balaban J connectivity index is 1.99. The molecular formula is C14H14N2OS. The number of hydrogen-bond donors (Lipinski definition) is 0. The van der Waals surface area contributed by atoms with E-state index < -0.39 is 0 Å². The highest BCUT2D eigenvalue weighted by molar-refractivity contribution is 7.22. The van der Waals surface area contributed by atoms with E-state index >= 15 is 0 Å². The van der Waals surface area contributed by atoms with Gasteiger partial charge in [0.15, 0.2) is 5.13 Å². The third kappa shape index (κ3) is 1.82. The van der Waals surface area contributed by atoms with Gasteiger partial charge in [0.25, 0.3) is 0 Å². The van der Waals surface area contributed by atoms with Gasteiger partial charge in [0.1, 0.15) is 0 Å². The van der Waals surface area contributed by atoms with Crippen LogP contribution >= 0.6 is 11.3 Å². The average molecular weight is 258 g/mol. The Bertz CT molecular complexity index is 632. The van der Waals surface area contributed by atoms with Crippen molar-refractivity contribution in [3.63, 3.8) is 0 Å². The lowest BCUT2D eigenvalue weighted by molar-refractivity contribution is -0.117. The van der Waals surface area contributed by atoms with Crippen molar-refractivity contribution in [1.82, 2.24) is 4.98 Å². The normalized spacial score (nSPS) is 19.7. The summed E-state index contributed by atoms with van der Waals surface area (Å²) in [6.45, 7) is 6.54. The van der Waals surface area contributed by atoms with Crippen LogP contribution in [-0.2, 0) is 4.79 Å². The number of aryl methyl sites for hydroxylation is 1. The maximum Gasteiger partial charge on any atom is 0.229 e. The molecule has 92 valence electrons. The fraction of sp³-hybridized carbons (Fsp3) is 0.286. The summed E-state index contributed by atoms with van der Waals surface area (Å²) in [6.07, 6.45) is 2.41. The lowest BCUT2D eigenvalue weighted by Crippen LogP contribution is -2.23. The molecule has 0 radical (unpaired) electrons. The van der Waals surface area contributed by atoms with Gasteiger partial charge in [-0.15, -0.1) is 6.58 Å². The average Bonchev–Trinajstić information content (AvgIpc) is 2.91. The maximum atomic E-state index is 11.9. The van der Waals surface area contributed by atoms with Gasteiger partial charge in [-0.1, -0.05) is 23.5 Å². The zero-order valence-electron chi connectivity index (χ0n) is 10.2. The Morgan fingerprint density at radius 3 is 3.11 bits per heavy atom. The molecule has 0 aliphatic carbocycles. The van der Waals surface area contributed by atoms with Crippen LogP contribution in [0.4, 0.5) is 5.13 Å². The first-order valence-corrected chi connectivity index (χ1v) is 6.79. The van der Waals surface area contributed by atoms with Crippen LogP contribution in [0.15, 0.2) is 30.9 Å². The van der Waals surface area contributed by atoms with Gasteiger partial charge >= 0.3 is 0 Å². The van der Waals surface area contributed by atoms with Crippen LogP contribution in [-0.4, -0.2) is 17.4 Å². The number of fused-ring (bicyclic) bond motifs is 1. The number of aromatic nitrogens is 1. The number of nitrogens with zero attached hydrogens (tertiary/aromatic N) is 2. The standard InChI is InChI=1S/C14H14N2OS/c1-3-10-7-13(17)16(8-10)14-15-11-5-4-9(2)6-12(11)18-14/h3-6,10H,1,7-8H2,2H3. The number of amides is 1. The molecule has 3 nitrogen and oxygen atoms in total. The van der Waals surface area contributed by atoms with Crippen molar-refractivity contribution in [2.45, 2.75) is 13.3 Å². The number of anilines is 1. The Morgan fingerprint density at radius 1 is 1.56 bits per heavy atom. The zero-order valence-corrected chi connectivity index (χ0v) is 11.0. The summed E-state index contributed by atoms with van der Waals surface area (Å²) in [5, 5.41) is 0.810. The van der Waals surface area contributed by atoms with Gasteiger partial charge in [0.05, 0.1) is 10.2 Å². The number of hydrogen-bond acceptors (Lipinski definition) is 3. The van der Waals surface area contributed by atoms with Crippen molar-refractivity contribution in [3.8, 4) is 0 Å². The number of carbonyl (C=O) groups excluding carboxylic acids is 1. The highest BCUT2D eigenvalue weighted by atomic mass is 32.1. The summed E-state index contributed by atoms with van der Waals surface area (Å²) >= 11 is 1.58. The minimum Gasteiger partial charge on any atom is -0.287 e. The Hall–Kier alpha value is -1.68. The molecule has 2 heterocycles. The molecule has 18 heavy (non-hydrogen) atoms. The molecule has 1 aromatic heterocycles. The fourth-order valence-electron chi connectivity index (χ4n) is 2.21. The van der Waals surface area contributed by atoms with E-state index in [2.05, 4.69) is 24.6 Å². The second-order valence-corrected chi connectivity index (χ2v) is 5.68. The van der Waals surface area contributed by atoms with E-state index in [0.717, 1.165) is 15.3 Å². The predicted molar refractivity (Wildman–Crippen MR) is 75.0 cm³/mol. The first-order valence-electron chi connectivity index (χ1n) is 5.97. The van der Waals surface area contributed by atoms with Crippen molar-refractivity contribution in [2.75, 3.05) is 11.4 Å². The molecule has 0 spiro atoms. The molecule has 1 aliphatic heterocycles. The number of carbonyl (C=O) groups is 1. The molecule has 1 amide bonds. The van der Waals surface area contributed by atoms with Gasteiger partial charge < -0.3 is 0 Å². The third-order valence-electron chi connectivity index (χ3n) is 3.25. The van der Waals surface area contributed by atoms with E-state index in [-0.39, 0.29) is 11.8 Å². The summed E-state index contributed by atoms with van der Waals surface area (Å²) in [6, 6.07) is 6.17. The Labute approximate surface area is 110 Å².